The van der Waals surface area contributed by atoms with Crippen LogP contribution in [0.3, 0.4) is 0 Å². The first-order chi connectivity index (χ1) is 8.48. The van der Waals surface area contributed by atoms with Gasteiger partial charge in [0.05, 0.1) is 7.11 Å². The van der Waals surface area contributed by atoms with E-state index in [1.54, 1.807) is 7.11 Å². The number of carbonyl (C=O) groups is 1. The van der Waals surface area contributed by atoms with E-state index in [0.717, 1.165) is 17.1 Å². The Morgan fingerprint density at radius 1 is 1.33 bits per heavy atom. The maximum atomic E-state index is 11.7. The quantitative estimate of drug-likeness (QED) is 0.887. The Morgan fingerprint density at radius 2 is 2.11 bits per heavy atom. The highest BCUT2D eigenvalue weighted by molar-refractivity contribution is 5.84. The van der Waals surface area contributed by atoms with Crippen molar-refractivity contribution in [1.29, 1.82) is 0 Å². The molecule has 0 aromatic heterocycles. The van der Waals surface area contributed by atoms with Crippen LogP contribution in [0.5, 0.6) is 5.75 Å². The van der Waals surface area contributed by atoms with Crippen molar-refractivity contribution >= 4 is 11.5 Å². The molecule has 1 aliphatic rings. The van der Waals surface area contributed by atoms with E-state index in [1.807, 2.05) is 24.3 Å². The monoisotopic (exact) mass is 245 g/mol. The number of methoxy groups -OCH3 is 1. The molecule has 0 unspecified atom stereocenters. The number of ether oxygens (including phenoxy) is 1. The summed E-state index contributed by atoms with van der Waals surface area (Å²) in [5.41, 5.74) is 1.87. The van der Waals surface area contributed by atoms with Crippen LogP contribution in [-0.4, -0.2) is 12.9 Å². The van der Waals surface area contributed by atoms with Gasteiger partial charge >= 0.3 is 0 Å². The second kappa shape index (κ2) is 4.84. The summed E-state index contributed by atoms with van der Waals surface area (Å²) in [6.07, 6.45) is 3.25. The minimum atomic E-state index is -0.0590. The van der Waals surface area contributed by atoms with Crippen LogP contribution in [0.25, 0.3) is 0 Å². The lowest BCUT2D eigenvalue weighted by atomic mass is 9.81. The highest BCUT2D eigenvalue weighted by Crippen LogP contribution is 2.31. The molecular weight excluding hydrogens is 226 g/mol. The van der Waals surface area contributed by atoms with E-state index in [9.17, 15) is 4.79 Å². The number of benzene rings is 1. The van der Waals surface area contributed by atoms with Crippen molar-refractivity contribution in [2.75, 3.05) is 12.4 Å². The number of nitrogens with one attached hydrogen (secondary N) is 1. The number of carbonyl (C=O) groups excluding carboxylic acids is 1. The fourth-order valence-electron chi connectivity index (χ4n) is 2.32. The number of hydrogen-bond acceptors (Lipinski definition) is 3. The van der Waals surface area contributed by atoms with Crippen molar-refractivity contribution in [1.82, 2.24) is 0 Å². The minimum Gasteiger partial charge on any atom is -0.497 e. The number of ketones is 1. The van der Waals surface area contributed by atoms with E-state index in [2.05, 4.69) is 25.2 Å². The van der Waals surface area contributed by atoms with Crippen molar-refractivity contribution in [2.45, 2.75) is 26.7 Å². The third-order valence-electron chi connectivity index (χ3n) is 2.98. The Hall–Kier alpha value is -1.77. The van der Waals surface area contributed by atoms with Gasteiger partial charge < -0.3 is 10.1 Å². The molecule has 0 heterocycles. The second-order valence-electron chi connectivity index (χ2n) is 5.41. The van der Waals surface area contributed by atoms with Gasteiger partial charge in [-0.25, -0.2) is 0 Å². The Bertz CT molecular complexity index is 489. The average Bonchev–Trinajstić information content (AvgIpc) is 2.26. The van der Waals surface area contributed by atoms with Crippen LogP contribution in [0.15, 0.2) is 36.0 Å². The van der Waals surface area contributed by atoms with Crippen LogP contribution in [0.2, 0.25) is 0 Å². The Labute approximate surface area is 108 Å². The fourth-order valence-corrected chi connectivity index (χ4v) is 2.32. The largest absolute Gasteiger partial charge is 0.497 e. The summed E-state index contributed by atoms with van der Waals surface area (Å²) in [7, 11) is 1.64. The first-order valence-corrected chi connectivity index (χ1v) is 6.13. The van der Waals surface area contributed by atoms with Crippen molar-refractivity contribution < 1.29 is 9.53 Å². The van der Waals surface area contributed by atoms with Gasteiger partial charge in [0.2, 0.25) is 0 Å². The van der Waals surface area contributed by atoms with Crippen molar-refractivity contribution in [2.24, 2.45) is 5.41 Å². The first-order valence-electron chi connectivity index (χ1n) is 6.13. The summed E-state index contributed by atoms with van der Waals surface area (Å²) < 4.78 is 5.18. The van der Waals surface area contributed by atoms with Crippen molar-refractivity contribution in [3.05, 3.63) is 36.0 Å². The minimum absolute atomic E-state index is 0.0590. The maximum Gasteiger partial charge on any atom is 0.139 e. The molecule has 1 aliphatic carbocycles. The summed E-state index contributed by atoms with van der Waals surface area (Å²) in [6, 6.07) is 7.72. The van der Waals surface area contributed by atoms with Crippen LogP contribution >= 0.6 is 0 Å². The maximum absolute atomic E-state index is 11.7. The summed E-state index contributed by atoms with van der Waals surface area (Å²) in [5, 5.41) is 3.30. The van der Waals surface area contributed by atoms with Crippen LogP contribution in [0.4, 0.5) is 5.69 Å². The van der Waals surface area contributed by atoms with E-state index in [0.29, 0.717) is 12.8 Å². The number of allylic oxidation sites excluding steroid dienone is 2. The van der Waals surface area contributed by atoms with Crippen LogP contribution in [-0.2, 0) is 4.79 Å². The molecule has 1 N–H and O–H groups in total. The highest BCUT2D eigenvalue weighted by atomic mass is 16.5. The van der Waals surface area contributed by atoms with Crippen LogP contribution in [0, 0.1) is 5.41 Å². The summed E-state index contributed by atoms with van der Waals surface area (Å²) in [5.74, 6) is 1.09. The number of anilines is 1. The Balaban J connectivity index is 2.18. The van der Waals surface area contributed by atoms with Crippen molar-refractivity contribution in [3.8, 4) is 5.75 Å². The molecule has 18 heavy (non-hydrogen) atoms. The van der Waals surface area contributed by atoms with Crippen LogP contribution < -0.4 is 10.1 Å². The average molecular weight is 245 g/mol. The normalized spacial score (nSPS) is 18.2. The van der Waals surface area contributed by atoms with Gasteiger partial charge in [0.1, 0.15) is 11.5 Å². The smallest absolute Gasteiger partial charge is 0.139 e. The zero-order valence-corrected chi connectivity index (χ0v) is 11.1. The Kier molecular flexibility index (Phi) is 3.41. The lowest BCUT2D eigenvalue weighted by Crippen LogP contribution is -2.23. The molecule has 0 amide bonds. The van der Waals surface area contributed by atoms with Gasteiger partial charge in [-0.05, 0) is 17.5 Å². The number of rotatable bonds is 3. The zero-order valence-electron chi connectivity index (χ0n) is 11.1. The molecule has 0 spiro atoms. The molecule has 0 atom stereocenters. The molecule has 3 heteroatoms. The summed E-state index contributed by atoms with van der Waals surface area (Å²) in [4.78, 5) is 11.7. The van der Waals surface area contributed by atoms with E-state index < -0.39 is 0 Å². The third kappa shape index (κ3) is 3.13. The van der Waals surface area contributed by atoms with E-state index in [-0.39, 0.29) is 11.2 Å². The van der Waals surface area contributed by atoms with Crippen molar-refractivity contribution in [3.63, 3.8) is 0 Å². The van der Waals surface area contributed by atoms with Gasteiger partial charge in [0.15, 0.2) is 0 Å². The summed E-state index contributed by atoms with van der Waals surface area (Å²) in [6.45, 7) is 4.16. The standard InChI is InChI=1S/C15H19NO2/c1-15(2)9-12(7-13(17)10-15)16-11-5-4-6-14(8-11)18-3/h4-6,8-9,16H,7,10H2,1-3H3. The molecule has 1 aromatic carbocycles. The Morgan fingerprint density at radius 3 is 2.78 bits per heavy atom. The second-order valence-corrected chi connectivity index (χ2v) is 5.41. The predicted octanol–water partition coefficient (Wildman–Crippen LogP) is 3.38. The molecule has 0 saturated heterocycles. The predicted molar refractivity (Wildman–Crippen MR) is 72.7 cm³/mol. The van der Waals surface area contributed by atoms with E-state index >= 15 is 0 Å². The lowest BCUT2D eigenvalue weighted by Gasteiger charge is -2.27. The van der Waals surface area contributed by atoms with E-state index in [4.69, 9.17) is 4.74 Å². The molecule has 0 bridgehead atoms. The van der Waals surface area contributed by atoms with Crippen LogP contribution in [0.1, 0.15) is 26.7 Å². The number of Topliss-reactive ketones (excluding diaryl/α,β-unsaturated/α-hetero) is 1. The van der Waals surface area contributed by atoms with Gasteiger partial charge in [-0.3, -0.25) is 4.79 Å². The van der Waals surface area contributed by atoms with Gasteiger partial charge in [-0.2, -0.15) is 0 Å². The molecular formula is C15H19NO2. The topological polar surface area (TPSA) is 38.3 Å². The molecule has 96 valence electrons. The molecule has 0 fully saturated rings. The molecule has 2 rings (SSSR count). The third-order valence-corrected chi connectivity index (χ3v) is 2.98. The zero-order chi connectivity index (χ0) is 13.2. The molecule has 0 aliphatic heterocycles. The van der Waals surface area contributed by atoms with Gasteiger partial charge in [-0.1, -0.05) is 26.0 Å². The summed E-state index contributed by atoms with van der Waals surface area (Å²) >= 11 is 0. The SMILES string of the molecule is COc1cccc(NC2=CC(C)(C)CC(=O)C2)c1. The van der Waals surface area contributed by atoms with Gasteiger partial charge in [0.25, 0.3) is 0 Å². The molecule has 3 nitrogen and oxygen atoms in total. The van der Waals surface area contributed by atoms with Gasteiger partial charge in [0, 0.05) is 30.3 Å². The molecule has 0 saturated carbocycles. The molecule has 1 aromatic rings. The first kappa shape index (κ1) is 12.7. The van der Waals surface area contributed by atoms with E-state index in [1.165, 1.54) is 0 Å². The fraction of sp³-hybridized carbons (Fsp3) is 0.400. The number of hydrogen-bond donors (Lipinski definition) is 1. The van der Waals surface area contributed by atoms with Gasteiger partial charge in [-0.15, -0.1) is 0 Å². The highest BCUT2D eigenvalue weighted by Gasteiger charge is 2.26. The molecule has 0 radical (unpaired) electrons. The lowest BCUT2D eigenvalue weighted by molar-refractivity contribution is -0.120.